The Labute approximate surface area is 291 Å². The number of aromatic hydroxyl groups is 1. The van der Waals surface area contributed by atoms with Crippen molar-refractivity contribution in [3.63, 3.8) is 0 Å². The summed E-state index contributed by atoms with van der Waals surface area (Å²) >= 11 is 0. The second-order valence-corrected chi connectivity index (χ2v) is 13.4. The molecule has 50 heavy (non-hydrogen) atoms. The van der Waals surface area contributed by atoms with E-state index in [0.29, 0.717) is 38.6 Å². The number of carbonyl (C=O) groups is 6. The average Bonchev–Trinajstić information content (AvgIpc) is 3.78. The zero-order chi connectivity index (χ0) is 36.4. The van der Waals surface area contributed by atoms with Crippen molar-refractivity contribution in [1.82, 2.24) is 25.8 Å². The number of hydrogen-bond acceptors (Lipinski definition) is 8. The summed E-state index contributed by atoms with van der Waals surface area (Å²) in [5.74, 6) is -3.59. The molecule has 2 aromatic carbocycles. The van der Waals surface area contributed by atoms with Crippen LogP contribution in [0.2, 0.25) is 0 Å². The third-order valence-electron chi connectivity index (χ3n) is 9.05. The van der Waals surface area contributed by atoms with E-state index in [-0.39, 0.29) is 31.1 Å². The summed E-state index contributed by atoms with van der Waals surface area (Å²) in [6.07, 6.45) is 2.43. The number of carboxylic acid groups (broad SMARTS) is 1. The molecule has 0 aromatic heterocycles. The van der Waals surface area contributed by atoms with Crippen molar-refractivity contribution in [1.29, 1.82) is 0 Å². The summed E-state index contributed by atoms with van der Waals surface area (Å²) in [6, 6.07) is 10.6. The molecule has 2 fully saturated rings. The van der Waals surface area contributed by atoms with Gasteiger partial charge in [0, 0.05) is 19.5 Å². The van der Waals surface area contributed by atoms with Crippen molar-refractivity contribution in [2.75, 3.05) is 19.6 Å². The second kappa shape index (κ2) is 17.6. The van der Waals surface area contributed by atoms with Gasteiger partial charge in [0.25, 0.3) is 0 Å². The van der Waals surface area contributed by atoms with Gasteiger partial charge in [0.15, 0.2) is 0 Å². The van der Waals surface area contributed by atoms with Gasteiger partial charge >= 0.3 is 5.97 Å². The first-order valence-corrected chi connectivity index (χ1v) is 17.1. The van der Waals surface area contributed by atoms with Crippen LogP contribution in [0.5, 0.6) is 5.75 Å². The fraction of sp³-hybridized carbons (Fsp3) is 0.500. The summed E-state index contributed by atoms with van der Waals surface area (Å²) < 4.78 is 0. The number of aliphatic carboxylic acids is 1. The fourth-order valence-electron chi connectivity index (χ4n) is 6.52. The van der Waals surface area contributed by atoms with Crippen molar-refractivity contribution in [2.24, 2.45) is 11.7 Å². The summed E-state index contributed by atoms with van der Waals surface area (Å²) in [5.41, 5.74) is 7.68. The van der Waals surface area contributed by atoms with E-state index in [1.54, 1.807) is 36.4 Å². The van der Waals surface area contributed by atoms with Gasteiger partial charge < -0.3 is 41.7 Å². The van der Waals surface area contributed by atoms with Crippen LogP contribution >= 0.6 is 0 Å². The lowest BCUT2D eigenvalue weighted by Gasteiger charge is -2.30. The van der Waals surface area contributed by atoms with Crippen molar-refractivity contribution in [3.05, 3.63) is 65.7 Å². The summed E-state index contributed by atoms with van der Waals surface area (Å²) in [4.78, 5) is 81.3. The van der Waals surface area contributed by atoms with Gasteiger partial charge in [-0.05, 0) is 67.7 Å². The zero-order valence-corrected chi connectivity index (χ0v) is 28.5. The maximum Gasteiger partial charge on any atom is 0.326 e. The molecule has 2 heterocycles. The number of rotatable bonds is 15. The Balaban J connectivity index is 1.37. The van der Waals surface area contributed by atoms with Crippen LogP contribution in [0, 0.1) is 5.92 Å². The molecule has 14 heteroatoms. The second-order valence-electron chi connectivity index (χ2n) is 13.4. The number of nitrogens with zero attached hydrogens (tertiary/aromatic N) is 2. The van der Waals surface area contributed by atoms with Crippen LogP contribution in [-0.4, -0.2) is 105 Å². The number of carboxylic acids is 1. The number of benzene rings is 2. The van der Waals surface area contributed by atoms with E-state index in [9.17, 15) is 39.0 Å². The Morgan fingerprint density at radius 2 is 1.38 bits per heavy atom. The van der Waals surface area contributed by atoms with Gasteiger partial charge in [-0.1, -0.05) is 56.3 Å². The number of hydrogen-bond donors (Lipinski definition) is 6. The number of likely N-dealkylation sites (tertiary alicyclic amines) is 2. The molecule has 7 N–H and O–H groups in total. The highest BCUT2D eigenvalue weighted by Gasteiger charge is 2.40. The lowest BCUT2D eigenvalue weighted by molar-refractivity contribution is -0.149. The van der Waals surface area contributed by atoms with Gasteiger partial charge in [0.2, 0.25) is 29.5 Å². The number of phenols is 1. The van der Waals surface area contributed by atoms with Crippen LogP contribution in [0.3, 0.4) is 0 Å². The molecule has 0 aliphatic carbocycles. The van der Waals surface area contributed by atoms with Gasteiger partial charge in [0.1, 0.15) is 29.9 Å². The van der Waals surface area contributed by atoms with Gasteiger partial charge in [-0.3, -0.25) is 24.0 Å². The molecule has 14 nitrogen and oxygen atoms in total. The van der Waals surface area contributed by atoms with E-state index in [4.69, 9.17) is 5.73 Å². The molecule has 0 saturated carbocycles. The van der Waals surface area contributed by atoms with Crippen LogP contribution in [0.15, 0.2) is 54.6 Å². The number of phenolic OH excluding ortho intramolecular Hbond substituents is 1. The molecule has 2 aliphatic heterocycles. The van der Waals surface area contributed by atoms with Crippen molar-refractivity contribution >= 4 is 35.5 Å². The summed E-state index contributed by atoms with van der Waals surface area (Å²) in [5, 5.41) is 27.2. The Bertz CT molecular complexity index is 1520. The monoisotopic (exact) mass is 692 g/mol. The molecule has 2 aliphatic rings. The van der Waals surface area contributed by atoms with Crippen LogP contribution in [0.25, 0.3) is 0 Å². The third-order valence-corrected chi connectivity index (χ3v) is 9.05. The molecule has 0 radical (unpaired) electrons. The van der Waals surface area contributed by atoms with Gasteiger partial charge in [0.05, 0.1) is 12.6 Å². The SMILES string of the molecule is CC(C)C[C@H](NC(=O)[C@@H](N)Cc1ccc(O)cc1)C(=O)N1CCC[C@H]1C(=O)NCC(=O)N[C@@H](Cc1ccccc1)C(=O)N1CCC[C@H]1C(=O)O. The molecule has 2 saturated heterocycles. The maximum absolute atomic E-state index is 13.8. The molecule has 5 amide bonds. The highest BCUT2D eigenvalue weighted by molar-refractivity contribution is 5.95. The van der Waals surface area contributed by atoms with Crippen LogP contribution in [-0.2, 0) is 41.6 Å². The highest BCUT2D eigenvalue weighted by atomic mass is 16.4. The van der Waals surface area contributed by atoms with E-state index >= 15 is 0 Å². The molecule has 0 spiro atoms. The van der Waals surface area contributed by atoms with Crippen molar-refractivity contribution in [3.8, 4) is 5.75 Å². The number of nitrogens with one attached hydrogen (secondary N) is 3. The molecule has 0 unspecified atom stereocenters. The number of amides is 5. The Hall–Kier alpha value is -4.98. The number of carbonyl (C=O) groups excluding carboxylic acids is 5. The topological polar surface area (TPSA) is 211 Å². The van der Waals surface area contributed by atoms with E-state index in [1.165, 1.54) is 21.9 Å². The van der Waals surface area contributed by atoms with E-state index in [1.807, 2.05) is 19.9 Å². The minimum atomic E-state index is -1.10. The Morgan fingerprint density at radius 1 is 0.800 bits per heavy atom. The standard InChI is InChI=1S/C36H48N6O8/c1-22(2)18-27(40-32(45)26(37)19-24-12-14-25(43)15-13-24)34(47)41-16-6-10-29(41)33(46)38-21-31(44)39-28(20-23-8-4-3-5-9-23)35(48)42-17-7-11-30(42)36(49)50/h3-5,8-9,12-15,22,26-30,43H,6-7,10-11,16-21,37H2,1-2H3,(H,38,46)(H,39,44)(H,40,45)(H,49,50)/t26-,27-,28-,29-,30-/m0/s1. The molecule has 0 bridgehead atoms. The van der Waals surface area contributed by atoms with Crippen molar-refractivity contribution < 1.29 is 39.0 Å². The lowest BCUT2D eigenvalue weighted by Crippen LogP contribution is -2.57. The third kappa shape index (κ3) is 10.3. The van der Waals surface area contributed by atoms with Crippen molar-refractivity contribution in [2.45, 2.75) is 89.0 Å². The first-order chi connectivity index (χ1) is 23.8. The normalized spacial score (nSPS) is 19.0. The minimum absolute atomic E-state index is 0.0361. The average molecular weight is 693 g/mol. The predicted octanol–water partition coefficient (Wildman–Crippen LogP) is 0.703. The van der Waals surface area contributed by atoms with Crippen LogP contribution in [0.4, 0.5) is 0 Å². The Morgan fingerprint density at radius 3 is 2.00 bits per heavy atom. The van der Waals surface area contributed by atoms with Gasteiger partial charge in [-0.2, -0.15) is 0 Å². The minimum Gasteiger partial charge on any atom is -0.508 e. The first-order valence-electron chi connectivity index (χ1n) is 17.1. The van der Waals surface area contributed by atoms with Crippen LogP contribution in [0.1, 0.15) is 57.1 Å². The van der Waals surface area contributed by atoms with Crippen LogP contribution < -0.4 is 21.7 Å². The fourth-order valence-corrected chi connectivity index (χ4v) is 6.52. The molecular formula is C36H48N6O8. The quantitative estimate of drug-likeness (QED) is 0.155. The molecule has 2 aromatic rings. The summed E-state index contributed by atoms with van der Waals surface area (Å²) in [6.45, 7) is 3.92. The van der Waals surface area contributed by atoms with Gasteiger partial charge in [-0.25, -0.2) is 4.79 Å². The highest BCUT2D eigenvalue weighted by Crippen LogP contribution is 2.22. The number of nitrogens with two attached hydrogens (primary N) is 1. The molecule has 4 rings (SSSR count). The molecule has 270 valence electrons. The molecule has 5 atom stereocenters. The summed E-state index contributed by atoms with van der Waals surface area (Å²) in [7, 11) is 0. The molecular weight excluding hydrogens is 644 g/mol. The first kappa shape index (κ1) is 37.8. The smallest absolute Gasteiger partial charge is 0.326 e. The maximum atomic E-state index is 13.8. The zero-order valence-electron chi connectivity index (χ0n) is 28.5. The predicted molar refractivity (Wildman–Crippen MR) is 183 cm³/mol. The lowest BCUT2D eigenvalue weighted by atomic mass is 10.0. The Kier molecular flexibility index (Phi) is 13.3. The largest absolute Gasteiger partial charge is 0.508 e. The van der Waals surface area contributed by atoms with E-state index < -0.39 is 72.3 Å². The van der Waals surface area contributed by atoms with E-state index in [2.05, 4.69) is 16.0 Å². The van der Waals surface area contributed by atoms with Gasteiger partial charge in [-0.15, -0.1) is 0 Å². The van der Waals surface area contributed by atoms with E-state index in [0.717, 1.165) is 11.1 Å².